The topological polar surface area (TPSA) is 59.9 Å². The van der Waals surface area contributed by atoms with Crippen molar-refractivity contribution in [1.29, 1.82) is 0 Å². The zero-order valence-corrected chi connectivity index (χ0v) is 16.9. The lowest BCUT2D eigenvalue weighted by Gasteiger charge is -2.09. The van der Waals surface area contributed by atoms with Crippen LogP contribution in [-0.4, -0.2) is 24.8 Å². The Balaban J connectivity index is 1.85. The lowest BCUT2D eigenvalue weighted by molar-refractivity contribution is -0.115. The average Bonchev–Trinajstić information content (AvgIpc) is 2.99. The van der Waals surface area contributed by atoms with E-state index in [0.29, 0.717) is 43.9 Å². The van der Waals surface area contributed by atoms with Crippen molar-refractivity contribution in [3.63, 3.8) is 0 Å². The van der Waals surface area contributed by atoms with Crippen molar-refractivity contribution in [2.45, 2.75) is 6.92 Å². The van der Waals surface area contributed by atoms with E-state index in [2.05, 4.69) is 10.3 Å². The van der Waals surface area contributed by atoms with Crippen molar-refractivity contribution >= 4 is 57.8 Å². The van der Waals surface area contributed by atoms with Gasteiger partial charge in [-0.1, -0.05) is 35.3 Å². The third-order valence-corrected chi connectivity index (χ3v) is 5.31. The van der Waals surface area contributed by atoms with Crippen LogP contribution in [0.1, 0.15) is 12.5 Å². The Labute approximate surface area is 171 Å². The van der Waals surface area contributed by atoms with Gasteiger partial charge in [-0.2, -0.15) is 0 Å². The molecule has 8 heteroatoms. The number of thioether (sulfide) groups is 1. The van der Waals surface area contributed by atoms with Gasteiger partial charge in [0.15, 0.2) is 16.7 Å². The molecular weight excluding hydrogens is 407 g/mol. The van der Waals surface area contributed by atoms with Crippen LogP contribution in [0.25, 0.3) is 6.08 Å². The molecule has 1 aliphatic heterocycles. The van der Waals surface area contributed by atoms with E-state index in [1.807, 2.05) is 25.1 Å². The Bertz CT molecular complexity index is 945. The van der Waals surface area contributed by atoms with Crippen LogP contribution >= 0.6 is 35.0 Å². The summed E-state index contributed by atoms with van der Waals surface area (Å²) in [7, 11) is 1.57. The average molecular weight is 423 g/mol. The maximum atomic E-state index is 12.3. The summed E-state index contributed by atoms with van der Waals surface area (Å²) in [6.45, 7) is 2.45. The van der Waals surface area contributed by atoms with Gasteiger partial charge in [-0.15, -0.1) is 0 Å². The molecule has 2 aromatic carbocycles. The third-order valence-electron chi connectivity index (χ3n) is 3.59. The summed E-state index contributed by atoms with van der Waals surface area (Å²) in [6, 6.07) is 10.6. The second-order valence-electron chi connectivity index (χ2n) is 5.40. The zero-order valence-electron chi connectivity index (χ0n) is 14.6. The second kappa shape index (κ2) is 8.69. The molecule has 1 amide bonds. The van der Waals surface area contributed by atoms with Crippen LogP contribution in [-0.2, 0) is 4.79 Å². The van der Waals surface area contributed by atoms with E-state index in [1.165, 1.54) is 11.8 Å². The van der Waals surface area contributed by atoms with Gasteiger partial charge < -0.3 is 14.8 Å². The van der Waals surface area contributed by atoms with Crippen LogP contribution < -0.4 is 14.8 Å². The van der Waals surface area contributed by atoms with Gasteiger partial charge in [0.05, 0.1) is 34.4 Å². The highest BCUT2D eigenvalue weighted by Crippen LogP contribution is 2.35. The van der Waals surface area contributed by atoms with E-state index in [0.717, 1.165) is 5.56 Å². The van der Waals surface area contributed by atoms with Crippen molar-refractivity contribution in [2.24, 2.45) is 4.99 Å². The molecule has 0 aromatic heterocycles. The van der Waals surface area contributed by atoms with Gasteiger partial charge in [0, 0.05) is 0 Å². The molecule has 0 radical (unpaired) electrons. The van der Waals surface area contributed by atoms with Gasteiger partial charge in [0.2, 0.25) is 0 Å². The number of halogens is 2. The zero-order chi connectivity index (χ0) is 19.4. The number of carbonyl (C=O) groups excluding carboxylic acids is 1. The van der Waals surface area contributed by atoms with E-state index in [1.54, 1.807) is 31.4 Å². The fourth-order valence-corrected chi connectivity index (χ4v) is 3.54. The molecule has 0 atom stereocenters. The second-order valence-corrected chi connectivity index (χ2v) is 7.21. The minimum absolute atomic E-state index is 0.232. The molecule has 27 heavy (non-hydrogen) atoms. The Hall–Kier alpha value is -2.15. The monoisotopic (exact) mass is 422 g/mol. The highest BCUT2D eigenvalue weighted by Gasteiger charge is 2.24. The van der Waals surface area contributed by atoms with E-state index in [-0.39, 0.29) is 5.91 Å². The quantitative estimate of drug-likeness (QED) is 0.664. The normalized spacial score (nSPS) is 16.7. The molecule has 2 aromatic rings. The molecule has 0 spiro atoms. The fraction of sp³-hybridized carbons (Fsp3) is 0.158. The lowest BCUT2D eigenvalue weighted by Crippen LogP contribution is -2.19. The number of benzene rings is 2. The predicted octanol–water partition coefficient (Wildman–Crippen LogP) is 5.29. The van der Waals surface area contributed by atoms with Crippen LogP contribution in [0.15, 0.2) is 46.3 Å². The molecule has 0 unspecified atom stereocenters. The highest BCUT2D eigenvalue weighted by molar-refractivity contribution is 8.18. The van der Waals surface area contributed by atoms with Crippen LogP contribution in [0, 0.1) is 0 Å². The van der Waals surface area contributed by atoms with Crippen LogP contribution in [0.3, 0.4) is 0 Å². The van der Waals surface area contributed by atoms with Gasteiger partial charge >= 0.3 is 0 Å². The number of hydrogen-bond donors (Lipinski definition) is 1. The summed E-state index contributed by atoms with van der Waals surface area (Å²) < 4.78 is 10.8. The smallest absolute Gasteiger partial charge is 0.264 e. The van der Waals surface area contributed by atoms with Crippen molar-refractivity contribution < 1.29 is 14.3 Å². The molecule has 1 heterocycles. The van der Waals surface area contributed by atoms with Crippen molar-refractivity contribution in [3.05, 3.63) is 56.9 Å². The summed E-state index contributed by atoms with van der Waals surface area (Å²) in [4.78, 5) is 17.1. The van der Waals surface area contributed by atoms with Crippen molar-refractivity contribution in [3.8, 4) is 11.5 Å². The first-order chi connectivity index (χ1) is 13.0. The minimum Gasteiger partial charge on any atom is -0.493 e. The number of rotatable bonds is 5. The molecule has 0 saturated carbocycles. The number of hydrogen-bond acceptors (Lipinski definition) is 5. The number of amides is 1. The molecule has 0 bridgehead atoms. The van der Waals surface area contributed by atoms with Gasteiger partial charge in [-0.3, -0.25) is 4.79 Å². The van der Waals surface area contributed by atoms with E-state index in [4.69, 9.17) is 32.7 Å². The van der Waals surface area contributed by atoms with Crippen LogP contribution in [0.2, 0.25) is 10.0 Å². The lowest BCUT2D eigenvalue weighted by atomic mass is 10.2. The number of methoxy groups -OCH3 is 1. The predicted molar refractivity (Wildman–Crippen MR) is 111 cm³/mol. The maximum absolute atomic E-state index is 12.3. The molecule has 1 saturated heterocycles. The highest BCUT2D eigenvalue weighted by atomic mass is 35.5. The maximum Gasteiger partial charge on any atom is 0.264 e. The van der Waals surface area contributed by atoms with Gasteiger partial charge in [0.25, 0.3) is 5.91 Å². The summed E-state index contributed by atoms with van der Waals surface area (Å²) in [5, 5.41) is 3.92. The molecule has 5 nitrogen and oxygen atoms in total. The third kappa shape index (κ3) is 4.58. The number of nitrogens with zero attached hydrogens (tertiary/aromatic N) is 1. The molecule has 1 N–H and O–H groups in total. The van der Waals surface area contributed by atoms with Crippen LogP contribution in [0.4, 0.5) is 5.69 Å². The number of nitrogens with one attached hydrogen (secondary N) is 1. The van der Waals surface area contributed by atoms with Crippen LogP contribution in [0.5, 0.6) is 11.5 Å². The molecule has 140 valence electrons. The van der Waals surface area contributed by atoms with Gasteiger partial charge in [-0.05, 0) is 54.6 Å². The first-order valence-electron chi connectivity index (χ1n) is 8.06. The van der Waals surface area contributed by atoms with Crippen molar-refractivity contribution in [2.75, 3.05) is 13.7 Å². The van der Waals surface area contributed by atoms with Gasteiger partial charge in [-0.25, -0.2) is 4.99 Å². The summed E-state index contributed by atoms with van der Waals surface area (Å²) in [5.74, 6) is 1.03. The Morgan fingerprint density at radius 2 is 2.04 bits per heavy atom. The molecule has 1 fully saturated rings. The number of aliphatic imine (C=N–C) groups is 1. The Morgan fingerprint density at radius 1 is 1.22 bits per heavy atom. The molecule has 3 rings (SSSR count). The largest absolute Gasteiger partial charge is 0.493 e. The standard InChI is InChI=1S/C19H16Cl2N2O3S/c1-3-26-14-8-7-11(9-15(14)25-2)10-16-18(24)23-19(27-16)22-13-6-4-5-12(20)17(13)21/h4-10H,3H2,1-2H3,(H,22,23,24)/b16-10+. The number of amidine groups is 1. The Kier molecular flexibility index (Phi) is 6.31. The van der Waals surface area contributed by atoms with E-state index < -0.39 is 0 Å². The molecule has 1 aliphatic rings. The molecule has 0 aliphatic carbocycles. The van der Waals surface area contributed by atoms with Gasteiger partial charge in [0.1, 0.15) is 0 Å². The minimum atomic E-state index is -0.232. The SMILES string of the molecule is CCOc1ccc(/C=C2/SC(=Nc3cccc(Cl)c3Cl)NC2=O)cc1OC. The first kappa shape index (κ1) is 19.6. The fourth-order valence-electron chi connectivity index (χ4n) is 2.37. The summed E-state index contributed by atoms with van der Waals surface area (Å²) in [6.07, 6.45) is 1.76. The number of carbonyl (C=O) groups is 1. The van der Waals surface area contributed by atoms with E-state index >= 15 is 0 Å². The molecular formula is C19H16Cl2N2O3S. The Morgan fingerprint density at radius 3 is 2.78 bits per heavy atom. The summed E-state index contributed by atoms with van der Waals surface area (Å²) >= 11 is 13.4. The first-order valence-corrected chi connectivity index (χ1v) is 9.63. The number of ether oxygens (including phenoxy) is 2. The van der Waals surface area contributed by atoms with E-state index in [9.17, 15) is 4.79 Å². The van der Waals surface area contributed by atoms with Crippen molar-refractivity contribution in [1.82, 2.24) is 5.32 Å². The summed E-state index contributed by atoms with van der Waals surface area (Å²) in [5.41, 5.74) is 1.31.